The molecular weight excluding hydrogens is 410 g/mol. The largest absolute Gasteiger partial charge is 0.423 e. The fraction of sp³-hybridized carbons (Fsp3) is 0.280. The number of hydrogen-bond acceptors (Lipinski definition) is 5. The molecule has 0 aliphatic carbocycles. The van der Waals surface area contributed by atoms with Crippen molar-refractivity contribution < 1.29 is 4.42 Å². The van der Waals surface area contributed by atoms with Crippen LogP contribution in [0.2, 0.25) is 5.02 Å². The molecular formula is C25H24ClN3O2. The lowest BCUT2D eigenvalue weighted by molar-refractivity contribution is 0.168. The molecule has 0 saturated carbocycles. The molecule has 1 fully saturated rings. The Bertz CT molecular complexity index is 1290. The first-order chi connectivity index (χ1) is 15.1. The van der Waals surface area contributed by atoms with Crippen LogP contribution in [0.5, 0.6) is 0 Å². The zero-order valence-electron chi connectivity index (χ0n) is 17.3. The van der Waals surface area contributed by atoms with Crippen LogP contribution in [0.4, 0.5) is 5.69 Å². The average molecular weight is 434 g/mol. The van der Waals surface area contributed by atoms with Gasteiger partial charge in [0.1, 0.15) is 5.58 Å². The summed E-state index contributed by atoms with van der Waals surface area (Å²) in [6, 6.07) is 18.1. The molecule has 6 heteroatoms. The molecule has 1 aliphatic heterocycles. The molecule has 5 nitrogen and oxygen atoms in total. The van der Waals surface area contributed by atoms with E-state index in [-0.39, 0.29) is 5.63 Å². The number of halogens is 1. The summed E-state index contributed by atoms with van der Waals surface area (Å²) in [5.74, 6) is 0. The smallest absolute Gasteiger partial charge is 0.338 e. The number of piperidine rings is 1. The van der Waals surface area contributed by atoms with Gasteiger partial charge < -0.3 is 9.73 Å². The van der Waals surface area contributed by atoms with Crippen LogP contribution < -0.4 is 10.9 Å². The van der Waals surface area contributed by atoms with Gasteiger partial charge in [-0.15, -0.1) is 0 Å². The Hall–Kier alpha value is -2.89. The molecule has 158 valence electrons. The van der Waals surface area contributed by atoms with E-state index in [1.54, 1.807) is 12.1 Å². The lowest BCUT2D eigenvalue weighted by Gasteiger charge is -2.37. The van der Waals surface area contributed by atoms with E-state index in [4.69, 9.17) is 16.0 Å². The molecule has 0 amide bonds. The number of anilines is 1. The summed E-state index contributed by atoms with van der Waals surface area (Å²) < 4.78 is 5.31. The van der Waals surface area contributed by atoms with Crippen molar-refractivity contribution in [3.8, 4) is 0 Å². The zero-order valence-corrected chi connectivity index (χ0v) is 18.1. The molecule has 1 N–H and O–H groups in total. The first-order valence-electron chi connectivity index (χ1n) is 10.7. The molecule has 1 saturated heterocycles. The fourth-order valence-corrected chi connectivity index (χ4v) is 4.64. The van der Waals surface area contributed by atoms with Crippen molar-refractivity contribution in [1.82, 2.24) is 9.88 Å². The Morgan fingerprint density at radius 1 is 1.13 bits per heavy atom. The number of nitrogens with one attached hydrogen (secondary N) is 1. The van der Waals surface area contributed by atoms with Gasteiger partial charge in [-0.2, -0.15) is 0 Å². The highest BCUT2D eigenvalue weighted by Crippen LogP contribution is 2.30. The van der Waals surface area contributed by atoms with E-state index in [0.29, 0.717) is 22.7 Å². The predicted octanol–water partition coefficient (Wildman–Crippen LogP) is 5.63. The van der Waals surface area contributed by atoms with Gasteiger partial charge in [-0.1, -0.05) is 23.7 Å². The van der Waals surface area contributed by atoms with E-state index in [1.807, 2.05) is 18.3 Å². The molecule has 2 aromatic carbocycles. The van der Waals surface area contributed by atoms with E-state index in [9.17, 15) is 4.79 Å². The maximum atomic E-state index is 12.0. The van der Waals surface area contributed by atoms with Crippen molar-refractivity contribution in [2.45, 2.75) is 31.8 Å². The van der Waals surface area contributed by atoms with Crippen molar-refractivity contribution in [2.24, 2.45) is 0 Å². The van der Waals surface area contributed by atoms with Crippen molar-refractivity contribution in [1.29, 1.82) is 0 Å². The van der Waals surface area contributed by atoms with Gasteiger partial charge in [-0.3, -0.25) is 9.88 Å². The average Bonchev–Trinajstić information content (AvgIpc) is 2.79. The van der Waals surface area contributed by atoms with Crippen LogP contribution in [0.25, 0.3) is 21.9 Å². The normalized spacial score (nSPS) is 16.6. The van der Waals surface area contributed by atoms with E-state index in [0.717, 1.165) is 42.5 Å². The summed E-state index contributed by atoms with van der Waals surface area (Å²) in [6.45, 7) is 4.25. The van der Waals surface area contributed by atoms with Gasteiger partial charge >= 0.3 is 5.63 Å². The number of benzene rings is 2. The molecule has 2 aromatic heterocycles. The molecule has 1 atom stereocenters. The van der Waals surface area contributed by atoms with Crippen molar-refractivity contribution in [3.63, 3.8) is 0 Å². The minimum absolute atomic E-state index is 0.299. The summed E-state index contributed by atoms with van der Waals surface area (Å²) >= 11 is 6.16. The standard InChI is InChI=1S/C25H24ClN3O2/c1-16(17-4-6-22-18(13-17)3-2-10-27-22)29-11-8-20(9-12-29)28-23-15-25(30)31-24-7-5-19(26)14-21(23)24/h2-7,10,13-16,20,28H,8-9,11-12H2,1H3. The number of rotatable bonds is 4. The first kappa shape index (κ1) is 20.0. The summed E-state index contributed by atoms with van der Waals surface area (Å²) in [5, 5.41) is 6.20. The number of pyridine rings is 1. The molecule has 0 radical (unpaired) electrons. The summed E-state index contributed by atoms with van der Waals surface area (Å²) in [5.41, 5.74) is 3.34. The molecule has 0 spiro atoms. The maximum Gasteiger partial charge on any atom is 0.338 e. The van der Waals surface area contributed by atoms with Crippen LogP contribution in [0.1, 0.15) is 31.4 Å². The van der Waals surface area contributed by atoms with E-state index in [1.165, 1.54) is 17.0 Å². The van der Waals surface area contributed by atoms with Gasteiger partial charge in [0.15, 0.2) is 0 Å². The second-order valence-electron chi connectivity index (χ2n) is 8.21. The number of nitrogens with zero attached hydrogens (tertiary/aromatic N) is 2. The Morgan fingerprint density at radius 3 is 2.81 bits per heavy atom. The summed E-state index contributed by atoms with van der Waals surface area (Å²) in [4.78, 5) is 18.9. The van der Waals surface area contributed by atoms with Crippen LogP contribution in [0, 0.1) is 0 Å². The number of likely N-dealkylation sites (tertiary alicyclic amines) is 1. The Labute approximate surface area is 185 Å². The molecule has 1 unspecified atom stereocenters. The highest BCUT2D eigenvalue weighted by atomic mass is 35.5. The third kappa shape index (κ3) is 4.16. The zero-order chi connectivity index (χ0) is 21.4. The molecule has 0 bridgehead atoms. The third-order valence-electron chi connectivity index (χ3n) is 6.25. The van der Waals surface area contributed by atoms with Gasteiger partial charge in [-0.05, 0) is 61.7 Å². The van der Waals surface area contributed by atoms with Gasteiger partial charge in [-0.25, -0.2) is 4.79 Å². The molecule has 31 heavy (non-hydrogen) atoms. The first-order valence-corrected chi connectivity index (χ1v) is 11.0. The lowest BCUT2D eigenvalue weighted by Crippen LogP contribution is -2.40. The number of fused-ring (bicyclic) bond motifs is 2. The fourth-order valence-electron chi connectivity index (χ4n) is 4.47. The molecule has 5 rings (SSSR count). The van der Waals surface area contributed by atoms with E-state index in [2.05, 4.69) is 46.4 Å². The second-order valence-corrected chi connectivity index (χ2v) is 8.64. The Kier molecular flexibility index (Phi) is 5.38. The van der Waals surface area contributed by atoms with Crippen LogP contribution in [0.15, 0.2) is 70.0 Å². The Morgan fingerprint density at radius 2 is 1.97 bits per heavy atom. The predicted molar refractivity (Wildman–Crippen MR) is 126 cm³/mol. The third-order valence-corrected chi connectivity index (χ3v) is 6.49. The van der Waals surface area contributed by atoms with Gasteiger partial charge in [0.05, 0.1) is 11.2 Å². The monoisotopic (exact) mass is 433 g/mol. The molecule has 1 aliphatic rings. The maximum absolute atomic E-state index is 12.0. The van der Waals surface area contributed by atoms with E-state index >= 15 is 0 Å². The van der Waals surface area contributed by atoms with Crippen molar-refractivity contribution in [3.05, 3.63) is 81.8 Å². The SMILES string of the molecule is CC(c1ccc2ncccc2c1)N1CCC(Nc2cc(=O)oc3ccc(Cl)cc23)CC1. The molecule has 3 heterocycles. The van der Waals surface area contributed by atoms with Gasteiger partial charge in [0, 0.05) is 53.2 Å². The number of hydrogen-bond donors (Lipinski definition) is 1. The lowest BCUT2D eigenvalue weighted by atomic mass is 9.99. The van der Waals surface area contributed by atoms with Crippen LogP contribution in [-0.2, 0) is 0 Å². The van der Waals surface area contributed by atoms with Crippen LogP contribution in [-0.4, -0.2) is 29.0 Å². The molecule has 4 aromatic rings. The van der Waals surface area contributed by atoms with E-state index < -0.39 is 0 Å². The van der Waals surface area contributed by atoms with Crippen molar-refractivity contribution >= 4 is 39.2 Å². The number of aromatic nitrogens is 1. The van der Waals surface area contributed by atoms with Gasteiger partial charge in [0.25, 0.3) is 0 Å². The summed E-state index contributed by atoms with van der Waals surface area (Å²) in [7, 11) is 0. The minimum atomic E-state index is -0.353. The quantitative estimate of drug-likeness (QED) is 0.422. The second kappa shape index (κ2) is 8.33. The topological polar surface area (TPSA) is 58.4 Å². The van der Waals surface area contributed by atoms with Crippen LogP contribution >= 0.6 is 11.6 Å². The minimum Gasteiger partial charge on any atom is -0.423 e. The van der Waals surface area contributed by atoms with Crippen molar-refractivity contribution in [2.75, 3.05) is 18.4 Å². The van der Waals surface area contributed by atoms with Gasteiger partial charge in [0.2, 0.25) is 0 Å². The van der Waals surface area contributed by atoms with Crippen LogP contribution in [0.3, 0.4) is 0 Å². The highest BCUT2D eigenvalue weighted by Gasteiger charge is 2.24. The Balaban J connectivity index is 1.29. The summed E-state index contributed by atoms with van der Waals surface area (Å²) in [6.07, 6.45) is 3.83. The highest BCUT2D eigenvalue weighted by molar-refractivity contribution is 6.31.